The standard InChI is InChI=1S/C16H19FN2O4/c1-18-13-8-19(7-6-14(13)23-9-15(18)20)16(21)10-22-12-4-2-11(17)3-5-12/h2-5,13-14H,6-10H2,1H3/t13-,14+/m0/s1. The van der Waals surface area contributed by atoms with Crippen molar-refractivity contribution in [1.82, 2.24) is 9.80 Å². The lowest BCUT2D eigenvalue weighted by Gasteiger charge is -2.45. The maximum atomic E-state index is 12.8. The van der Waals surface area contributed by atoms with E-state index in [0.717, 1.165) is 0 Å². The molecule has 3 rings (SSSR count). The van der Waals surface area contributed by atoms with Crippen LogP contribution in [-0.4, -0.2) is 67.1 Å². The van der Waals surface area contributed by atoms with Gasteiger partial charge in [-0.25, -0.2) is 4.39 Å². The number of amides is 2. The molecule has 2 aliphatic heterocycles. The normalized spacial score (nSPS) is 24.3. The van der Waals surface area contributed by atoms with Gasteiger partial charge >= 0.3 is 0 Å². The molecule has 2 fully saturated rings. The Bertz CT molecular complexity index is 592. The SMILES string of the molecule is CN1C(=O)CO[C@@H]2CCN(C(=O)COc3ccc(F)cc3)C[C@@H]21. The molecule has 1 aromatic rings. The number of hydrogen-bond donors (Lipinski definition) is 0. The first-order chi connectivity index (χ1) is 11.0. The van der Waals surface area contributed by atoms with Crippen molar-refractivity contribution in [3.05, 3.63) is 30.1 Å². The molecule has 7 heteroatoms. The van der Waals surface area contributed by atoms with Crippen LogP contribution in [0.3, 0.4) is 0 Å². The van der Waals surface area contributed by atoms with Gasteiger partial charge in [-0.1, -0.05) is 0 Å². The van der Waals surface area contributed by atoms with Crippen LogP contribution in [-0.2, 0) is 14.3 Å². The molecule has 2 saturated heterocycles. The number of rotatable bonds is 3. The van der Waals surface area contributed by atoms with Crippen LogP contribution in [0.15, 0.2) is 24.3 Å². The number of carbonyl (C=O) groups excluding carboxylic acids is 2. The van der Waals surface area contributed by atoms with E-state index in [-0.39, 0.29) is 43.0 Å². The zero-order valence-electron chi connectivity index (χ0n) is 12.9. The molecule has 2 heterocycles. The number of benzene rings is 1. The molecular weight excluding hydrogens is 303 g/mol. The molecule has 0 radical (unpaired) electrons. The predicted molar refractivity (Wildman–Crippen MR) is 79.4 cm³/mol. The fraction of sp³-hybridized carbons (Fsp3) is 0.500. The maximum Gasteiger partial charge on any atom is 0.260 e. The lowest BCUT2D eigenvalue weighted by Crippen LogP contribution is -2.61. The lowest BCUT2D eigenvalue weighted by molar-refractivity contribution is -0.164. The molecule has 0 N–H and O–H groups in total. The van der Waals surface area contributed by atoms with Crippen molar-refractivity contribution < 1.29 is 23.5 Å². The largest absolute Gasteiger partial charge is 0.484 e. The first kappa shape index (κ1) is 15.7. The molecular formula is C16H19FN2O4. The van der Waals surface area contributed by atoms with Crippen molar-refractivity contribution in [3.63, 3.8) is 0 Å². The molecule has 0 aliphatic carbocycles. The van der Waals surface area contributed by atoms with E-state index < -0.39 is 0 Å². The number of halogens is 1. The van der Waals surface area contributed by atoms with Crippen molar-refractivity contribution in [2.24, 2.45) is 0 Å². The highest BCUT2D eigenvalue weighted by Crippen LogP contribution is 2.22. The second kappa shape index (κ2) is 6.54. The Labute approximate surface area is 133 Å². The van der Waals surface area contributed by atoms with E-state index in [1.165, 1.54) is 24.3 Å². The third-order valence-electron chi connectivity index (χ3n) is 4.36. The number of carbonyl (C=O) groups is 2. The van der Waals surface area contributed by atoms with E-state index in [0.29, 0.717) is 25.3 Å². The minimum Gasteiger partial charge on any atom is -0.484 e. The summed E-state index contributed by atoms with van der Waals surface area (Å²) in [5.74, 6) is -0.124. The van der Waals surface area contributed by atoms with Gasteiger partial charge in [-0.3, -0.25) is 9.59 Å². The summed E-state index contributed by atoms with van der Waals surface area (Å²) in [5.41, 5.74) is 0. The molecule has 6 nitrogen and oxygen atoms in total. The Morgan fingerprint density at radius 2 is 2.13 bits per heavy atom. The van der Waals surface area contributed by atoms with E-state index in [4.69, 9.17) is 9.47 Å². The Hall–Kier alpha value is -2.15. The third kappa shape index (κ3) is 3.44. The number of hydrogen-bond acceptors (Lipinski definition) is 4. The Morgan fingerprint density at radius 1 is 1.39 bits per heavy atom. The zero-order chi connectivity index (χ0) is 16.4. The van der Waals surface area contributed by atoms with Crippen LogP contribution in [0.1, 0.15) is 6.42 Å². The molecule has 23 heavy (non-hydrogen) atoms. The van der Waals surface area contributed by atoms with Crippen LogP contribution in [0, 0.1) is 5.82 Å². The Morgan fingerprint density at radius 3 is 2.87 bits per heavy atom. The summed E-state index contributed by atoms with van der Waals surface area (Å²) in [5, 5.41) is 0. The van der Waals surface area contributed by atoms with Crippen LogP contribution < -0.4 is 4.74 Å². The van der Waals surface area contributed by atoms with Gasteiger partial charge in [0.05, 0.1) is 12.1 Å². The first-order valence-corrected chi connectivity index (χ1v) is 7.58. The first-order valence-electron chi connectivity index (χ1n) is 7.58. The summed E-state index contributed by atoms with van der Waals surface area (Å²) < 4.78 is 23.8. The van der Waals surface area contributed by atoms with Crippen LogP contribution in [0.5, 0.6) is 5.75 Å². The van der Waals surface area contributed by atoms with Gasteiger partial charge in [0, 0.05) is 20.1 Å². The van der Waals surface area contributed by atoms with E-state index in [2.05, 4.69) is 0 Å². The number of likely N-dealkylation sites (tertiary alicyclic amines) is 1. The summed E-state index contributed by atoms with van der Waals surface area (Å²) in [6.45, 7) is 1.02. The number of ether oxygens (including phenoxy) is 2. The van der Waals surface area contributed by atoms with Crippen LogP contribution in [0.25, 0.3) is 0 Å². The van der Waals surface area contributed by atoms with Crippen molar-refractivity contribution in [1.29, 1.82) is 0 Å². The molecule has 1 aromatic carbocycles. The highest BCUT2D eigenvalue weighted by atomic mass is 19.1. The summed E-state index contributed by atoms with van der Waals surface area (Å²) in [4.78, 5) is 27.3. The van der Waals surface area contributed by atoms with Crippen molar-refractivity contribution in [2.75, 3.05) is 33.4 Å². The minimum atomic E-state index is -0.351. The van der Waals surface area contributed by atoms with Crippen molar-refractivity contribution in [3.8, 4) is 5.75 Å². The molecule has 0 spiro atoms. The second-order valence-electron chi connectivity index (χ2n) is 5.79. The highest BCUT2D eigenvalue weighted by Gasteiger charge is 2.39. The number of piperidine rings is 1. The van der Waals surface area contributed by atoms with E-state index in [1.807, 2.05) is 0 Å². The van der Waals surface area contributed by atoms with Gasteiger partial charge in [0.25, 0.3) is 5.91 Å². The smallest absolute Gasteiger partial charge is 0.260 e. The van der Waals surface area contributed by atoms with Crippen LogP contribution >= 0.6 is 0 Å². The van der Waals surface area contributed by atoms with E-state index in [9.17, 15) is 14.0 Å². The number of likely N-dealkylation sites (N-methyl/N-ethyl adjacent to an activating group) is 1. The van der Waals surface area contributed by atoms with Gasteiger partial charge < -0.3 is 19.3 Å². The highest BCUT2D eigenvalue weighted by molar-refractivity contribution is 5.80. The average Bonchev–Trinajstić information content (AvgIpc) is 2.57. The molecule has 0 unspecified atom stereocenters. The fourth-order valence-electron chi connectivity index (χ4n) is 2.94. The number of morpholine rings is 1. The topological polar surface area (TPSA) is 59.1 Å². The lowest BCUT2D eigenvalue weighted by atomic mass is 9.99. The monoisotopic (exact) mass is 322 g/mol. The van der Waals surface area contributed by atoms with Gasteiger partial charge in [0.2, 0.25) is 5.91 Å². The fourth-order valence-corrected chi connectivity index (χ4v) is 2.94. The van der Waals surface area contributed by atoms with E-state index in [1.54, 1.807) is 16.8 Å². The average molecular weight is 322 g/mol. The molecule has 0 bridgehead atoms. The summed E-state index contributed by atoms with van der Waals surface area (Å²) in [7, 11) is 1.74. The van der Waals surface area contributed by atoms with Gasteiger partial charge in [-0.2, -0.15) is 0 Å². The Balaban J connectivity index is 1.55. The summed E-state index contributed by atoms with van der Waals surface area (Å²) >= 11 is 0. The number of fused-ring (bicyclic) bond motifs is 1. The molecule has 0 saturated carbocycles. The maximum absolute atomic E-state index is 12.8. The summed E-state index contributed by atoms with van der Waals surface area (Å²) in [6.07, 6.45) is 0.685. The van der Waals surface area contributed by atoms with Gasteiger partial charge in [-0.15, -0.1) is 0 Å². The van der Waals surface area contributed by atoms with Crippen molar-refractivity contribution >= 4 is 11.8 Å². The molecule has 2 amide bonds. The van der Waals surface area contributed by atoms with Crippen molar-refractivity contribution in [2.45, 2.75) is 18.6 Å². The second-order valence-corrected chi connectivity index (χ2v) is 5.79. The van der Waals surface area contributed by atoms with E-state index >= 15 is 0 Å². The van der Waals surface area contributed by atoms with Crippen LogP contribution in [0.2, 0.25) is 0 Å². The molecule has 124 valence electrons. The molecule has 2 atom stereocenters. The third-order valence-corrected chi connectivity index (χ3v) is 4.36. The Kier molecular flexibility index (Phi) is 4.47. The van der Waals surface area contributed by atoms with Gasteiger partial charge in [0.15, 0.2) is 6.61 Å². The molecule has 0 aromatic heterocycles. The number of nitrogens with zero attached hydrogens (tertiary/aromatic N) is 2. The predicted octanol–water partition coefficient (Wildman–Crippen LogP) is 0.663. The zero-order valence-corrected chi connectivity index (χ0v) is 12.9. The van der Waals surface area contributed by atoms with Gasteiger partial charge in [-0.05, 0) is 30.7 Å². The molecule has 2 aliphatic rings. The quantitative estimate of drug-likeness (QED) is 0.820. The van der Waals surface area contributed by atoms with Gasteiger partial charge in [0.1, 0.15) is 18.2 Å². The van der Waals surface area contributed by atoms with Crippen LogP contribution in [0.4, 0.5) is 4.39 Å². The minimum absolute atomic E-state index is 0.0141. The summed E-state index contributed by atoms with van der Waals surface area (Å²) in [6, 6.07) is 5.42.